The number of aliphatic carboxylic acids is 1. The molecule has 2 rings (SSSR count). The van der Waals surface area contributed by atoms with E-state index in [1.54, 1.807) is 37.9 Å². The predicted molar refractivity (Wildman–Crippen MR) is 75.1 cm³/mol. The summed E-state index contributed by atoms with van der Waals surface area (Å²) in [5.74, 6) is -0.854. The molecule has 1 aromatic heterocycles. The number of likely N-dealkylation sites (N-methyl/N-ethyl adjacent to an activating group) is 1. The SMILES string of the molecule is CN(Cc1coc(-c2ccc(F)cc2)n1)C(C)(C)C(=O)O. The zero-order valence-corrected chi connectivity index (χ0v) is 12.1. The number of rotatable bonds is 5. The van der Waals surface area contributed by atoms with Gasteiger partial charge in [0.1, 0.15) is 17.6 Å². The smallest absolute Gasteiger partial charge is 0.323 e. The van der Waals surface area contributed by atoms with Crippen LogP contribution >= 0.6 is 0 Å². The molecule has 1 aromatic carbocycles. The number of aromatic nitrogens is 1. The van der Waals surface area contributed by atoms with Crippen LogP contribution in [0.25, 0.3) is 11.5 Å². The Kier molecular flexibility index (Phi) is 4.09. The van der Waals surface area contributed by atoms with Crippen LogP contribution in [0.3, 0.4) is 0 Å². The molecule has 1 N–H and O–H groups in total. The Bertz CT molecular complexity index is 635. The van der Waals surface area contributed by atoms with Crippen LogP contribution in [0.1, 0.15) is 19.5 Å². The van der Waals surface area contributed by atoms with Gasteiger partial charge in [0.05, 0.1) is 5.69 Å². The van der Waals surface area contributed by atoms with Crippen molar-refractivity contribution in [3.05, 3.63) is 42.0 Å². The molecule has 112 valence electrons. The van der Waals surface area contributed by atoms with Crippen LogP contribution in [0.5, 0.6) is 0 Å². The van der Waals surface area contributed by atoms with Gasteiger partial charge in [0, 0.05) is 12.1 Å². The monoisotopic (exact) mass is 292 g/mol. The summed E-state index contributed by atoms with van der Waals surface area (Å²) in [5, 5.41) is 9.18. The summed E-state index contributed by atoms with van der Waals surface area (Å²) in [5.41, 5.74) is 0.281. The number of benzene rings is 1. The lowest BCUT2D eigenvalue weighted by molar-refractivity contribution is -0.148. The second-order valence-corrected chi connectivity index (χ2v) is 5.37. The van der Waals surface area contributed by atoms with Gasteiger partial charge in [-0.3, -0.25) is 9.69 Å². The van der Waals surface area contributed by atoms with Crippen LogP contribution in [0.15, 0.2) is 34.9 Å². The first kappa shape index (κ1) is 15.2. The van der Waals surface area contributed by atoms with Crippen molar-refractivity contribution in [2.24, 2.45) is 0 Å². The fourth-order valence-electron chi connectivity index (χ4n) is 1.71. The van der Waals surface area contributed by atoms with Gasteiger partial charge in [-0.2, -0.15) is 0 Å². The highest BCUT2D eigenvalue weighted by Crippen LogP contribution is 2.21. The van der Waals surface area contributed by atoms with Crippen molar-refractivity contribution < 1.29 is 18.7 Å². The first-order valence-electron chi connectivity index (χ1n) is 6.45. The third-order valence-electron chi connectivity index (χ3n) is 3.52. The van der Waals surface area contributed by atoms with Crippen LogP contribution in [0.2, 0.25) is 0 Å². The van der Waals surface area contributed by atoms with Gasteiger partial charge in [0.25, 0.3) is 0 Å². The van der Waals surface area contributed by atoms with E-state index in [2.05, 4.69) is 4.98 Å². The summed E-state index contributed by atoms with van der Waals surface area (Å²) in [6.07, 6.45) is 1.48. The summed E-state index contributed by atoms with van der Waals surface area (Å²) in [6, 6.07) is 5.82. The van der Waals surface area contributed by atoms with E-state index in [4.69, 9.17) is 4.42 Å². The average molecular weight is 292 g/mol. The van der Waals surface area contributed by atoms with E-state index in [0.29, 0.717) is 23.7 Å². The molecule has 0 aliphatic carbocycles. The van der Waals surface area contributed by atoms with Crippen LogP contribution in [0, 0.1) is 5.82 Å². The van der Waals surface area contributed by atoms with Crippen molar-refractivity contribution in [1.82, 2.24) is 9.88 Å². The minimum Gasteiger partial charge on any atom is -0.480 e. The maximum Gasteiger partial charge on any atom is 0.323 e. The quantitative estimate of drug-likeness (QED) is 0.918. The number of carboxylic acids is 1. The predicted octanol–water partition coefficient (Wildman–Crippen LogP) is 2.78. The Hall–Kier alpha value is -2.21. The zero-order valence-electron chi connectivity index (χ0n) is 12.1. The van der Waals surface area contributed by atoms with E-state index in [-0.39, 0.29) is 5.82 Å². The fraction of sp³-hybridized carbons (Fsp3) is 0.333. The largest absolute Gasteiger partial charge is 0.480 e. The number of carbonyl (C=O) groups is 1. The molecule has 0 radical (unpaired) electrons. The molecular formula is C15H17FN2O3. The van der Waals surface area contributed by atoms with Crippen LogP contribution in [0.4, 0.5) is 4.39 Å². The molecule has 0 atom stereocenters. The lowest BCUT2D eigenvalue weighted by atomic mass is 10.0. The van der Waals surface area contributed by atoms with Crippen molar-refractivity contribution in [2.75, 3.05) is 7.05 Å². The van der Waals surface area contributed by atoms with E-state index >= 15 is 0 Å². The third-order valence-corrected chi connectivity index (χ3v) is 3.52. The van der Waals surface area contributed by atoms with Crippen molar-refractivity contribution in [3.63, 3.8) is 0 Å². The Morgan fingerprint density at radius 2 is 2.00 bits per heavy atom. The summed E-state index contributed by atoms with van der Waals surface area (Å²) in [4.78, 5) is 17.2. The van der Waals surface area contributed by atoms with E-state index in [1.165, 1.54) is 18.4 Å². The molecule has 0 spiro atoms. The Morgan fingerprint density at radius 1 is 1.38 bits per heavy atom. The summed E-state index contributed by atoms with van der Waals surface area (Å²) in [6.45, 7) is 3.58. The van der Waals surface area contributed by atoms with Gasteiger partial charge < -0.3 is 9.52 Å². The van der Waals surface area contributed by atoms with E-state index in [9.17, 15) is 14.3 Å². The van der Waals surface area contributed by atoms with Gasteiger partial charge in [0.15, 0.2) is 0 Å². The highest BCUT2D eigenvalue weighted by atomic mass is 19.1. The molecule has 1 heterocycles. The topological polar surface area (TPSA) is 66.6 Å². The fourth-order valence-corrected chi connectivity index (χ4v) is 1.71. The maximum atomic E-state index is 12.9. The molecule has 0 aliphatic rings. The van der Waals surface area contributed by atoms with Crippen molar-refractivity contribution in [1.29, 1.82) is 0 Å². The third kappa shape index (κ3) is 3.28. The average Bonchev–Trinajstić information content (AvgIpc) is 2.87. The molecule has 0 amide bonds. The molecule has 21 heavy (non-hydrogen) atoms. The summed E-state index contributed by atoms with van der Waals surface area (Å²) in [7, 11) is 1.71. The van der Waals surface area contributed by atoms with Crippen LogP contribution in [-0.2, 0) is 11.3 Å². The summed E-state index contributed by atoms with van der Waals surface area (Å²) < 4.78 is 18.2. The molecule has 0 fully saturated rings. The van der Waals surface area contributed by atoms with E-state index in [1.807, 2.05) is 0 Å². The second kappa shape index (κ2) is 5.65. The molecule has 6 heteroatoms. The molecule has 0 saturated carbocycles. The first-order chi connectivity index (χ1) is 9.80. The molecule has 0 aliphatic heterocycles. The Balaban J connectivity index is 2.14. The number of nitrogens with zero attached hydrogens (tertiary/aromatic N) is 2. The molecular weight excluding hydrogens is 275 g/mol. The van der Waals surface area contributed by atoms with Crippen molar-refractivity contribution in [2.45, 2.75) is 25.9 Å². The number of hydrogen-bond acceptors (Lipinski definition) is 4. The van der Waals surface area contributed by atoms with Gasteiger partial charge in [-0.05, 0) is 45.2 Å². The lowest BCUT2D eigenvalue weighted by Crippen LogP contribution is -2.47. The van der Waals surface area contributed by atoms with Crippen LogP contribution in [-0.4, -0.2) is 33.5 Å². The highest BCUT2D eigenvalue weighted by Gasteiger charge is 2.32. The molecule has 2 aromatic rings. The number of hydrogen-bond donors (Lipinski definition) is 1. The lowest BCUT2D eigenvalue weighted by Gasteiger charge is -2.30. The number of carboxylic acid groups (broad SMARTS) is 1. The van der Waals surface area contributed by atoms with Crippen molar-refractivity contribution >= 4 is 5.97 Å². The van der Waals surface area contributed by atoms with Crippen molar-refractivity contribution in [3.8, 4) is 11.5 Å². The normalized spacial score (nSPS) is 11.9. The molecule has 0 saturated heterocycles. The van der Waals surface area contributed by atoms with Gasteiger partial charge in [-0.15, -0.1) is 0 Å². The Labute approximate surface area is 122 Å². The second-order valence-electron chi connectivity index (χ2n) is 5.37. The molecule has 5 nitrogen and oxygen atoms in total. The van der Waals surface area contributed by atoms with Gasteiger partial charge in [0.2, 0.25) is 5.89 Å². The van der Waals surface area contributed by atoms with E-state index < -0.39 is 11.5 Å². The summed E-state index contributed by atoms with van der Waals surface area (Å²) >= 11 is 0. The number of halogens is 1. The first-order valence-corrected chi connectivity index (χ1v) is 6.45. The molecule has 0 unspecified atom stereocenters. The van der Waals surface area contributed by atoms with E-state index in [0.717, 1.165) is 0 Å². The number of oxazole rings is 1. The maximum absolute atomic E-state index is 12.9. The zero-order chi connectivity index (χ0) is 15.6. The van der Waals surface area contributed by atoms with Gasteiger partial charge in [-0.25, -0.2) is 9.37 Å². The van der Waals surface area contributed by atoms with Gasteiger partial charge in [-0.1, -0.05) is 0 Å². The van der Waals surface area contributed by atoms with Crippen LogP contribution < -0.4 is 0 Å². The molecule has 0 bridgehead atoms. The minimum absolute atomic E-state index is 0.325. The minimum atomic E-state index is -1.00. The standard InChI is InChI=1S/C15H17FN2O3/c1-15(2,14(19)20)18(3)8-12-9-21-13(17-12)10-4-6-11(16)7-5-10/h4-7,9H,8H2,1-3H3,(H,19,20). The van der Waals surface area contributed by atoms with Gasteiger partial charge >= 0.3 is 5.97 Å². The highest BCUT2D eigenvalue weighted by molar-refractivity contribution is 5.77. The Morgan fingerprint density at radius 3 is 2.57 bits per heavy atom.